The molecular weight excluding hydrogens is 1240 g/mol. The quantitative estimate of drug-likeness (QED) is 0.222. The van der Waals surface area contributed by atoms with Crippen LogP contribution in [0.2, 0.25) is 0 Å². The summed E-state index contributed by atoms with van der Waals surface area (Å²) in [6.45, 7) is 0. The minimum atomic E-state index is 0.636. The number of rotatable bonds is 9. The maximum atomic E-state index is 3.51. The summed E-state index contributed by atoms with van der Waals surface area (Å²) >= 11 is 0. The summed E-state index contributed by atoms with van der Waals surface area (Å²) in [6.07, 6.45) is 108. The fourth-order valence-corrected chi connectivity index (χ4v) is 40.5. The third-order valence-corrected chi connectivity index (χ3v) is 43.2. The van der Waals surface area contributed by atoms with Crippen LogP contribution in [0.25, 0.3) is 0 Å². The van der Waals surface area contributed by atoms with Gasteiger partial charge in [0.15, 0.2) is 0 Å². The Labute approximate surface area is 632 Å². The van der Waals surface area contributed by atoms with E-state index in [1.165, 1.54) is 32.1 Å². The number of hydrogen-bond donors (Lipinski definition) is 0. The zero-order valence-corrected chi connectivity index (χ0v) is 66.4. The zero-order valence-electron chi connectivity index (χ0n) is 66.4. The molecule has 0 bridgehead atoms. The maximum absolute atomic E-state index is 3.51. The molecular formula is C102H155N. The number of allylic oxidation sites excluding steroid dienone is 8. The normalized spacial score (nSPS) is 55.2. The molecule has 0 heterocycles. The first-order chi connectivity index (χ1) is 51.1. The van der Waals surface area contributed by atoms with Crippen molar-refractivity contribution < 1.29 is 0 Å². The molecule has 1 nitrogen and oxygen atoms in total. The molecule has 30 unspecified atom stereocenters. The molecule has 20 fully saturated rings. The van der Waals surface area contributed by atoms with Crippen LogP contribution in [-0.4, -0.2) is 23.0 Å². The molecule has 0 N–H and O–H groups in total. The molecule has 103 heavy (non-hydrogen) atoms. The van der Waals surface area contributed by atoms with E-state index in [4.69, 9.17) is 0 Å². The number of hydrogen-bond acceptors (Lipinski definition) is 1. The van der Waals surface area contributed by atoms with E-state index in [9.17, 15) is 0 Å². The van der Waals surface area contributed by atoms with Crippen LogP contribution >= 0.6 is 0 Å². The number of fused-ring (bicyclic) bond motifs is 24. The lowest BCUT2D eigenvalue weighted by atomic mass is 9.52. The van der Waals surface area contributed by atoms with Crippen molar-refractivity contribution in [2.24, 2.45) is 206 Å². The van der Waals surface area contributed by atoms with Crippen LogP contribution in [0.4, 0.5) is 0 Å². The van der Waals surface area contributed by atoms with Gasteiger partial charge in [-0.15, -0.1) is 0 Å². The summed E-state index contributed by atoms with van der Waals surface area (Å²) < 4.78 is 0. The zero-order chi connectivity index (χ0) is 67.5. The molecule has 22 aliphatic carbocycles. The second-order valence-corrected chi connectivity index (χ2v) is 45.1. The van der Waals surface area contributed by atoms with Gasteiger partial charge in [0.1, 0.15) is 0 Å². The van der Waals surface area contributed by atoms with Crippen molar-refractivity contribution in [2.75, 3.05) is 0 Å². The Bertz CT molecular complexity index is 2930. The molecule has 0 saturated heterocycles. The van der Waals surface area contributed by atoms with Gasteiger partial charge in [-0.05, 0) is 444 Å². The Morgan fingerprint density at radius 2 is 0.699 bits per heavy atom. The van der Waals surface area contributed by atoms with Crippen molar-refractivity contribution in [1.82, 2.24) is 4.90 Å². The van der Waals surface area contributed by atoms with Gasteiger partial charge in [0.2, 0.25) is 0 Å². The van der Waals surface area contributed by atoms with Crippen molar-refractivity contribution in [3.63, 3.8) is 0 Å². The highest BCUT2D eigenvalue weighted by atomic mass is 15.2. The van der Waals surface area contributed by atoms with Gasteiger partial charge in [-0.3, -0.25) is 4.90 Å². The SMILES string of the molecule is C1=CCC2C(=C1)C1CCCCC1C21C2CCCCC2C2CCC(C3CCC4C(C3)C3CC(C5CCC6C7CCCCC7C7(C8C=CC=CC8C8CCCCC87)C6C5)CCC3C4C3CCC(C4CCC(N(C5CCC(C6CCCCC6)CC5)C5CCC(C6CCCCC6)CC5)C5CCCC45)CC3)CC21. The fourth-order valence-electron chi connectivity index (χ4n) is 40.5. The first kappa shape index (κ1) is 68.7. The molecule has 0 amide bonds. The Kier molecular flexibility index (Phi) is 19.0. The Hall–Kier alpha value is -1.08. The maximum Gasteiger partial charge on any atom is 0.0132 e. The highest BCUT2D eigenvalue weighted by Gasteiger charge is 2.74. The molecule has 1 heteroatoms. The van der Waals surface area contributed by atoms with Crippen LogP contribution in [-0.2, 0) is 0 Å². The van der Waals surface area contributed by atoms with Gasteiger partial charge in [0.05, 0.1) is 0 Å². The summed E-state index contributed by atoms with van der Waals surface area (Å²) in [5.74, 6) is 34.4. The Balaban J connectivity index is 0.529. The predicted octanol–water partition coefficient (Wildman–Crippen LogP) is 27.4. The first-order valence-electron chi connectivity index (χ1n) is 49.6. The largest absolute Gasteiger partial charge is 0.294 e. The van der Waals surface area contributed by atoms with Gasteiger partial charge in [-0.1, -0.05) is 170 Å². The molecule has 0 radical (unpaired) electrons. The third-order valence-electron chi connectivity index (χ3n) is 43.2. The van der Waals surface area contributed by atoms with Crippen molar-refractivity contribution in [3.05, 3.63) is 48.1 Å². The third kappa shape index (κ3) is 11.1. The van der Waals surface area contributed by atoms with Gasteiger partial charge in [-0.25, -0.2) is 0 Å². The van der Waals surface area contributed by atoms with Crippen LogP contribution in [0.15, 0.2) is 48.1 Å². The van der Waals surface area contributed by atoms with E-state index in [0.29, 0.717) is 10.8 Å². The second kappa shape index (κ2) is 28.5. The average Bonchev–Trinajstić information content (AvgIpc) is 1.52. The van der Waals surface area contributed by atoms with Crippen molar-refractivity contribution in [1.29, 1.82) is 0 Å². The lowest BCUT2D eigenvalue weighted by molar-refractivity contribution is -0.0526. The minimum absolute atomic E-state index is 0.636. The summed E-state index contributed by atoms with van der Waals surface area (Å²) in [5.41, 5.74) is 3.31. The van der Waals surface area contributed by atoms with Gasteiger partial charge in [0.25, 0.3) is 0 Å². The minimum Gasteiger partial charge on any atom is -0.294 e. The van der Waals surface area contributed by atoms with Crippen molar-refractivity contribution in [2.45, 2.75) is 378 Å². The van der Waals surface area contributed by atoms with Crippen LogP contribution in [0.3, 0.4) is 0 Å². The van der Waals surface area contributed by atoms with Gasteiger partial charge in [0, 0.05) is 18.1 Å². The summed E-state index contributed by atoms with van der Waals surface area (Å²) in [4.78, 5) is 3.51. The van der Waals surface area contributed by atoms with E-state index in [1.807, 2.05) is 5.57 Å². The summed E-state index contributed by atoms with van der Waals surface area (Å²) in [5, 5.41) is 0. The predicted molar refractivity (Wildman–Crippen MR) is 427 cm³/mol. The van der Waals surface area contributed by atoms with Crippen LogP contribution in [0.1, 0.15) is 360 Å². The topological polar surface area (TPSA) is 3.24 Å². The molecule has 22 aliphatic rings. The Morgan fingerprint density at radius 3 is 1.32 bits per heavy atom. The Morgan fingerprint density at radius 1 is 0.262 bits per heavy atom. The lowest BCUT2D eigenvalue weighted by Gasteiger charge is -2.55. The molecule has 2 spiro atoms. The van der Waals surface area contributed by atoms with E-state index < -0.39 is 0 Å². The van der Waals surface area contributed by atoms with E-state index >= 15 is 0 Å². The van der Waals surface area contributed by atoms with Crippen molar-refractivity contribution in [3.8, 4) is 0 Å². The molecule has 20 saturated carbocycles. The summed E-state index contributed by atoms with van der Waals surface area (Å²) in [6, 6.07) is 2.76. The van der Waals surface area contributed by atoms with Gasteiger partial charge < -0.3 is 0 Å². The van der Waals surface area contributed by atoms with E-state index in [1.54, 1.807) is 327 Å². The van der Waals surface area contributed by atoms with Crippen LogP contribution < -0.4 is 0 Å². The van der Waals surface area contributed by atoms with E-state index in [-0.39, 0.29) is 0 Å². The van der Waals surface area contributed by atoms with Crippen LogP contribution in [0, 0.1) is 206 Å². The van der Waals surface area contributed by atoms with Gasteiger partial charge >= 0.3 is 0 Å². The summed E-state index contributed by atoms with van der Waals surface area (Å²) in [7, 11) is 0. The van der Waals surface area contributed by atoms with Crippen molar-refractivity contribution >= 4 is 0 Å². The molecule has 0 aliphatic heterocycles. The highest BCUT2D eigenvalue weighted by Crippen LogP contribution is 2.80. The molecule has 0 aromatic rings. The molecule has 22 rings (SSSR count). The molecule has 30 atom stereocenters. The number of nitrogens with zero attached hydrogens (tertiary/aromatic N) is 1. The fraction of sp³-hybridized carbons (Fsp3) is 0.922. The highest BCUT2D eigenvalue weighted by molar-refractivity contribution is 5.37. The van der Waals surface area contributed by atoms with Gasteiger partial charge in [-0.2, -0.15) is 0 Å². The standard InChI is InChI=1S/C102H155N/c1-3-20-64(21-4-1)66-42-50-74(51-43-66)103(75-52-44-67(45-53-75)65-22-5-2-6-23-65)99-59-58-76(77-30-19-31-86(77)99)68-38-40-69(41-39-68)100-87-56-48-70(72-46-54-84-82-28-11-17-36-95(82)101(97(84)62-72)91-32-13-7-24-78(91)79-25-8-14-33-92(79)101)60-89(87)90-61-71(49-57-88(90)100)73-47-55-85-83-29-12-18-37-96(83)102(98(85)63-73)93-34-15-9-26-80(93)81-27-10-16-35-94(81)102/h7,9,13,15,24,26,32,64-79,81-100H,1-6,8,10-12,14,16-23,25,27-31,33-63H2. The molecule has 0 aromatic heterocycles. The average molecular weight is 1400 g/mol. The smallest absolute Gasteiger partial charge is 0.0132 e. The van der Waals surface area contributed by atoms with Crippen LogP contribution in [0.5, 0.6) is 0 Å². The molecule has 568 valence electrons. The second-order valence-electron chi connectivity index (χ2n) is 45.1. The lowest BCUT2D eigenvalue weighted by Crippen LogP contribution is -2.57. The molecule has 0 aromatic carbocycles. The monoisotopic (exact) mass is 1390 g/mol. The first-order valence-corrected chi connectivity index (χ1v) is 49.6. The van der Waals surface area contributed by atoms with E-state index in [2.05, 4.69) is 47.4 Å². The van der Waals surface area contributed by atoms with E-state index in [0.717, 1.165) is 213 Å².